The third-order valence-electron chi connectivity index (χ3n) is 2.43. The van der Waals surface area contributed by atoms with Crippen LogP contribution in [0.25, 0.3) is 0 Å². The maximum absolute atomic E-state index is 13.3. The molecule has 1 aliphatic heterocycles. The molecule has 1 amide bonds. The molecule has 1 aromatic rings. The van der Waals surface area contributed by atoms with Crippen molar-refractivity contribution >= 4 is 17.9 Å². The monoisotopic (exact) mass is 193 g/mol. The molecule has 0 spiro atoms. The number of carbonyl (C=O) groups excluding carboxylic acids is 2. The number of nitrogens with zero attached hydrogens (tertiary/aromatic N) is 1. The van der Waals surface area contributed by atoms with Gasteiger partial charge < -0.3 is 9.69 Å². The number of anilines is 1. The second-order valence-electron chi connectivity index (χ2n) is 3.18. The minimum absolute atomic E-state index is 0.190. The molecular formula is C10H8FNO2. The summed E-state index contributed by atoms with van der Waals surface area (Å²) in [5, 5.41) is 0. The Labute approximate surface area is 80.1 Å². The van der Waals surface area contributed by atoms with E-state index in [1.807, 2.05) is 0 Å². The summed E-state index contributed by atoms with van der Waals surface area (Å²) in [6.07, 6.45) is 0.480. The van der Waals surface area contributed by atoms with E-state index in [2.05, 4.69) is 0 Å². The molecule has 1 aromatic carbocycles. The first kappa shape index (κ1) is 8.87. The average molecular weight is 193 g/mol. The van der Waals surface area contributed by atoms with Crippen LogP contribution >= 0.6 is 0 Å². The number of likely N-dealkylation sites (N-methyl/N-ethyl adjacent to an activating group) is 1. The Morgan fingerprint density at radius 1 is 1.50 bits per heavy atom. The summed E-state index contributed by atoms with van der Waals surface area (Å²) in [5.41, 5.74) is 0.669. The van der Waals surface area contributed by atoms with Crippen LogP contribution in [0.3, 0.4) is 0 Å². The fraction of sp³-hybridized carbons (Fsp3) is 0.200. The number of hydrogen-bond donors (Lipinski definition) is 0. The number of amides is 1. The molecule has 1 aliphatic rings. The Bertz CT molecular complexity index is 417. The number of benzene rings is 1. The predicted octanol–water partition coefficient (Wildman–Crippen LogP) is 1.08. The highest BCUT2D eigenvalue weighted by Crippen LogP contribution is 2.36. The van der Waals surface area contributed by atoms with Gasteiger partial charge in [0.25, 0.3) is 0 Å². The molecule has 0 N–H and O–H groups in total. The summed E-state index contributed by atoms with van der Waals surface area (Å²) in [6, 6.07) is 4.40. The van der Waals surface area contributed by atoms with E-state index in [0.717, 1.165) is 0 Å². The van der Waals surface area contributed by atoms with E-state index >= 15 is 0 Å². The van der Waals surface area contributed by atoms with Gasteiger partial charge in [-0.1, -0.05) is 6.07 Å². The minimum Gasteiger partial charge on any atom is -0.314 e. The van der Waals surface area contributed by atoms with Crippen molar-refractivity contribution < 1.29 is 14.0 Å². The highest BCUT2D eigenvalue weighted by molar-refractivity contribution is 6.12. The van der Waals surface area contributed by atoms with Gasteiger partial charge >= 0.3 is 0 Å². The van der Waals surface area contributed by atoms with Crippen molar-refractivity contribution in [1.82, 2.24) is 0 Å². The zero-order valence-electron chi connectivity index (χ0n) is 7.53. The summed E-state index contributed by atoms with van der Waals surface area (Å²) in [7, 11) is 1.53. The maximum Gasteiger partial charge on any atom is 0.241 e. The first-order chi connectivity index (χ1) is 6.66. The number of fused-ring (bicyclic) bond motifs is 1. The van der Waals surface area contributed by atoms with Crippen LogP contribution in [0.4, 0.5) is 10.1 Å². The van der Waals surface area contributed by atoms with Gasteiger partial charge in [0.15, 0.2) is 0 Å². The fourth-order valence-electron chi connectivity index (χ4n) is 1.70. The molecule has 0 bridgehead atoms. The first-order valence-corrected chi connectivity index (χ1v) is 4.18. The van der Waals surface area contributed by atoms with Gasteiger partial charge in [-0.15, -0.1) is 0 Å². The lowest BCUT2D eigenvalue weighted by Crippen LogP contribution is -2.24. The van der Waals surface area contributed by atoms with Crippen LogP contribution in [0.15, 0.2) is 18.2 Å². The van der Waals surface area contributed by atoms with E-state index < -0.39 is 11.7 Å². The van der Waals surface area contributed by atoms with Crippen LogP contribution < -0.4 is 4.90 Å². The van der Waals surface area contributed by atoms with Crippen molar-refractivity contribution in [2.24, 2.45) is 0 Å². The van der Waals surface area contributed by atoms with Crippen LogP contribution in [0.2, 0.25) is 0 Å². The normalized spacial score (nSPS) is 19.7. The molecule has 0 aromatic heterocycles. The Morgan fingerprint density at radius 2 is 2.21 bits per heavy atom. The van der Waals surface area contributed by atoms with E-state index in [1.54, 1.807) is 6.07 Å². The molecule has 0 radical (unpaired) electrons. The van der Waals surface area contributed by atoms with E-state index in [-0.39, 0.29) is 11.5 Å². The Morgan fingerprint density at radius 3 is 2.86 bits per heavy atom. The van der Waals surface area contributed by atoms with Gasteiger partial charge in [0.05, 0.1) is 5.69 Å². The van der Waals surface area contributed by atoms with E-state index in [4.69, 9.17) is 0 Å². The second kappa shape index (κ2) is 2.90. The van der Waals surface area contributed by atoms with Gasteiger partial charge in [0.2, 0.25) is 5.91 Å². The molecular weight excluding hydrogens is 185 g/mol. The largest absolute Gasteiger partial charge is 0.314 e. The molecule has 1 unspecified atom stereocenters. The van der Waals surface area contributed by atoms with Crippen molar-refractivity contribution in [1.29, 1.82) is 0 Å². The van der Waals surface area contributed by atoms with Crippen LogP contribution in [0.5, 0.6) is 0 Å². The summed E-state index contributed by atoms with van der Waals surface area (Å²) in [6.45, 7) is 0. The van der Waals surface area contributed by atoms with E-state index in [1.165, 1.54) is 24.1 Å². The van der Waals surface area contributed by atoms with E-state index in [9.17, 15) is 14.0 Å². The van der Waals surface area contributed by atoms with Crippen molar-refractivity contribution in [3.63, 3.8) is 0 Å². The van der Waals surface area contributed by atoms with Crippen molar-refractivity contribution in [3.8, 4) is 0 Å². The molecule has 0 saturated heterocycles. The molecule has 2 rings (SSSR count). The number of rotatable bonds is 1. The molecule has 72 valence electrons. The topological polar surface area (TPSA) is 37.4 Å². The van der Waals surface area contributed by atoms with Gasteiger partial charge in [-0.3, -0.25) is 4.79 Å². The average Bonchev–Trinajstić information content (AvgIpc) is 2.43. The summed E-state index contributed by atoms with van der Waals surface area (Å²) in [4.78, 5) is 23.4. The van der Waals surface area contributed by atoms with Gasteiger partial charge in [0, 0.05) is 12.6 Å². The molecule has 1 heterocycles. The highest BCUT2D eigenvalue weighted by atomic mass is 19.1. The zero-order chi connectivity index (χ0) is 10.3. The minimum atomic E-state index is -0.976. The standard InChI is InChI=1S/C10H8FNO2/c1-12-8-4-2-3-7(11)9(8)6(5-13)10(12)14/h2-6H,1H3. The third-order valence-corrected chi connectivity index (χ3v) is 2.43. The molecule has 0 fully saturated rings. The molecule has 4 heteroatoms. The maximum atomic E-state index is 13.3. The molecule has 3 nitrogen and oxygen atoms in total. The van der Waals surface area contributed by atoms with E-state index in [0.29, 0.717) is 12.0 Å². The molecule has 0 saturated carbocycles. The Hall–Kier alpha value is -1.71. The lowest BCUT2D eigenvalue weighted by molar-refractivity contribution is -0.122. The fourth-order valence-corrected chi connectivity index (χ4v) is 1.70. The number of carbonyl (C=O) groups is 2. The van der Waals surface area contributed by atoms with Crippen LogP contribution in [0, 0.1) is 5.82 Å². The Kier molecular flexibility index (Phi) is 1.84. The predicted molar refractivity (Wildman–Crippen MR) is 48.6 cm³/mol. The lowest BCUT2D eigenvalue weighted by Gasteiger charge is -2.08. The van der Waals surface area contributed by atoms with Crippen LogP contribution in [0.1, 0.15) is 11.5 Å². The van der Waals surface area contributed by atoms with Crippen molar-refractivity contribution in [2.75, 3.05) is 11.9 Å². The second-order valence-corrected chi connectivity index (χ2v) is 3.18. The van der Waals surface area contributed by atoms with Crippen molar-refractivity contribution in [3.05, 3.63) is 29.6 Å². The molecule has 1 atom stereocenters. The summed E-state index contributed by atoms with van der Waals surface area (Å²) in [5.74, 6) is -1.85. The quantitative estimate of drug-likeness (QED) is 0.494. The summed E-state index contributed by atoms with van der Waals surface area (Å²) >= 11 is 0. The lowest BCUT2D eigenvalue weighted by atomic mass is 10.0. The molecule has 14 heavy (non-hydrogen) atoms. The zero-order valence-corrected chi connectivity index (χ0v) is 7.53. The van der Waals surface area contributed by atoms with Gasteiger partial charge in [-0.2, -0.15) is 0 Å². The summed E-state index contributed by atoms with van der Waals surface area (Å²) < 4.78 is 13.3. The van der Waals surface area contributed by atoms with Crippen molar-refractivity contribution in [2.45, 2.75) is 5.92 Å². The van der Waals surface area contributed by atoms with Crippen LogP contribution in [-0.4, -0.2) is 19.2 Å². The van der Waals surface area contributed by atoms with Crippen LogP contribution in [-0.2, 0) is 9.59 Å². The van der Waals surface area contributed by atoms with Gasteiger partial charge in [-0.25, -0.2) is 4.39 Å². The Balaban J connectivity index is 2.67. The number of aldehydes is 1. The number of halogens is 1. The smallest absolute Gasteiger partial charge is 0.241 e. The number of hydrogen-bond acceptors (Lipinski definition) is 2. The SMILES string of the molecule is CN1C(=O)C(C=O)c2c(F)cccc21. The highest BCUT2D eigenvalue weighted by Gasteiger charge is 2.36. The third kappa shape index (κ3) is 0.968. The van der Waals surface area contributed by atoms with Gasteiger partial charge in [0.1, 0.15) is 18.0 Å². The first-order valence-electron chi connectivity index (χ1n) is 4.18. The molecule has 0 aliphatic carbocycles. The van der Waals surface area contributed by atoms with Gasteiger partial charge in [-0.05, 0) is 12.1 Å².